The molecule has 0 atom stereocenters. The third kappa shape index (κ3) is 2.94. The van der Waals surface area contributed by atoms with Crippen molar-refractivity contribution in [3.05, 3.63) is 45.4 Å². The molecule has 0 saturated heterocycles. The lowest BCUT2D eigenvalue weighted by atomic mass is 10.2. The van der Waals surface area contributed by atoms with E-state index in [1.807, 2.05) is 38.2 Å². The van der Waals surface area contributed by atoms with Crippen LogP contribution in [0.25, 0.3) is 0 Å². The van der Waals surface area contributed by atoms with Crippen LogP contribution in [0.2, 0.25) is 0 Å². The number of nitrogens with zero attached hydrogens (tertiary/aromatic N) is 1. The van der Waals surface area contributed by atoms with E-state index in [2.05, 4.69) is 33.6 Å². The number of furan rings is 1. The molecule has 1 heterocycles. The molecular weight excluding hydrogens is 327 g/mol. The number of hydrogen-bond donors (Lipinski definition) is 1. The molecule has 4 heteroatoms. The molecule has 3 nitrogen and oxygen atoms in total. The normalized spacial score (nSPS) is 10.5. The van der Waals surface area contributed by atoms with Crippen LogP contribution in [-0.2, 0) is 6.54 Å². The predicted molar refractivity (Wildman–Crippen MR) is 79.1 cm³/mol. The van der Waals surface area contributed by atoms with Gasteiger partial charge in [-0.05, 0) is 59.8 Å². The van der Waals surface area contributed by atoms with Crippen LogP contribution in [0.4, 0.5) is 11.4 Å². The number of anilines is 2. The molecule has 0 unspecified atom stereocenters. The fraction of sp³-hybridized carbons (Fsp3) is 0.231. The molecule has 1 aromatic carbocycles. The summed E-state index contributed by atoms with van der Waals surface area (Å²) in [6.07, 6.45) is 0. The minimum Gasteiger partial charge on any atom is -0.464 e. The number of nitrogen functional groups attached to an aromatic ring is 1. The van der Waals surface area contributed by atoms with Crippen LogP contribution in [-0.4, -0.2) is 7.05 Å². The van der Waals surface area contributed by atoms with Gasteiger partial charge in [-0.2, -0.15) is 0 Å². The van der Waals surface area contributed by atoms with Gasteiger partial charge in [0, 0.05) is 10.6 Å². The van der Waals surface area contributed by atoms with Crippen LogP contribution < -0.4 is 10.6 Å². The third-order valence-electron chi connectivity index (χ3n) is 2.59. The van der Waals surface area contributed by atoms with E-state index in [4.69, 9.17) is 10.2 Å². The molecule has 17 heavy (non-hydrogen) atoms. The highest BCUT2D eigenvalue weighted by molar-refractivity contribution is 14.1. The van der Waals surface area contributed by atoms with E-state index in [1.165, 1.54) is 0 Å². The monoisotopic (exact) mass is 342 g/mol. The zero-order valence-electron chi connectivity index (χ0n) is 9.90. The highest BCUT2D eigenvalue weighted by atomic mass is 127. The highest BCUT2D eigenvalue weighted by Gasteiger charge is 2.08. The lowest BCUT2D eigenvalue weighted by Gasteiger charge is -2.20. The van der Waals surface area contributed by atoms with Gasteiger partial charge in [-0.1, -0.05) is 0 Å². The fourth-order valence-electron chi connectivity index (χ4n) is 1.76. The summed E-state index contributed by atoms with van der Waals surface area (Å²) in [5.41, 5.74) is 7.83. The van der Waals surface area contributed by atoms with Gasteiger partial charge >= 0.3 is 0 Å². The first-order valence-corrected chi connectivity index (χ1v) is 6.45. The average molecular weight is 342 g/mol. The van der Waals surface area contributed by atoms with Crippen molar-refractivity contribution >= 4 is 34.0 Å². The summed E-state index contributed by atoms with van der Waals surface area (Å²) in [7, 11) is 2.01. The molecule has 0 bridgehead atoms. The van der Waals surface area contributed by atoms with E-state index in [1.54, 1.807) is 0 Å². The predicted octanol–water partition coefficient (Wildman–Crippen LogP) is 3.41. The number of nitrogens with two attached hydrogens (primary N) is 1. The Morgan fingerprint density at radius 3 is 2.65 bits per heavy atom. The lowest BCUT2D eigenvalue weighted by Crippen LogP contribution is -2.17. The smallest absolute Gasteiger partial charge is 0.123 e. The summed E-state index contributed by atoms with van der Waals surface area (Å²) in [6, 6.07) is 10.0. The molecule has 2 rings (SSSR count). The number of aryl methyl sites for hydroxylation is 1. The van der Waals surface area contributed by atoms with Crippen molar-refractivity contribution in [1.29, 1.82) is 0 Å². The minimum absolute atomic E-state index is 0.721. The van der Waals surface area contributed by atoms with Crippen molar-refractivity contribution in [2.24, 2.45) is 0 Å². The second kappa shape index (κ2) is 5.00. The highest BCUT2D eigenvalue weighted by Crippen LogP contribution is 2.25. The van der Waals surface area contributed by atoms with Crippen LogP contribution in [0.5, 0.6) is 0 Å². The van der Waals surface area contributed by atoms with Gasteiger partial charge in [0.05, 0.1) is 17.9 Å². The van der Waals surface area contributed by atoms with E-state index in [0.29, 0.717) is 0 Å². The van der Waals surface area contributed by atoms with Gasteiger partial charge in [-0.3, -0.25) is 0 Å². The SMILES string of the molecule is Cc1ccc(CN(C)c2ccc(I)cc2N)o1. The van der Waals surface area contributed by atoms with E-state index in [9.17, 15) is 0 Å². The van der Waals surface area contributed by atoms with E-state index in [0.717, 1.165) is 33.0 Å². The molecule has 90 valence electrons. The molecule has 2 N–H and O–H groups in total. The van der Waals surface area contributed by atoms with Crippen LogP contribution in [0.1, 0.15) is 11.5 Å². The quantitative estimate of drug-likeness (QED) is 0.687. The van der Waals surface area contributed by atoms with Crippen molar-refractivity contribution < 1.29 is 4.42 Å². The second-order valence-corrected chi connectivity index (χ2v) is 5.32. The van der Waals surface area contributed by atoms with Crippen molar-refractivity contribution in [2.45, 2.75) is 13.5 Å². The summed E-state index contributed by atoms with van der Waals surface area (Å²) in [6.45, 7) is 2.67. The largest absolute Gasteiger partial charge is 0.464 e. The van der Waals surface area contributed by atoms with Crippen LogP contribution in [0, 0.1) is 10.5 Å². The fourth-order valence-corrected chi connectivity index (χ4v) is 2.28. The molecule has 0 saturated carbocycles. The van der Waals surface area contributed by atoms with Crippen molar-refractivity contribution in [1.82, 2.24) is 0 Å². The Morgan fingerprint density at radius 1 is 1.29 bits per heavy atom. The third-order valence-corrected chi connectivity index (χ3v) is 3.26. The summed E-state index contributed by atoms with van der Waals surface area (Å²) >= 11 is 2.26. The van der Waals surface area contributed by atoms with Gasteiger partial charge in [0.1, 0.15) is 11.5 Å². The Balaban J connectivity index is 2.17. The maximum Gasteiger partial charge on any atom is 0.123 e. The van der Waals surface area contributed by atoms with Crippen molar-refractivity contribution in [3.63, 3.8) is 0 Å². The molecule has 0 fully saturated rings. The zero-order chi connectivity index (χ0) is 12.4. The van der Waals surface area contributed by atoms with Gasteiger partial charge in [0.15, 0.2) is 0 Å². The molecule has 0 aliphatic carbocycles. The average Bonchev–Trinajstić information content (AvgIpc) is 2.63. The first kappa shape index (κ1) is 12.3. The summed E-state index contributed by atoms with van der Waals surface area (Å²) in [5, 5.41) is 0. The van der Waals surface area contributed by atoms with E-state index >= 15 is 0 Å². The molecule has 0 spiro atoms. The molecule has 1 aromatic heterocycles. The summed E-state index contributed by atoms with van der Waals surface area (Å²) in [5.74, 6) is 1.88. The molecule has 0 aliphatic heterocycles. The maximum absolute atomic E-state index is 6.00. The first-order chi connectivity index (χ1) is 8.06. The van der Waals surface area contributed by atoms with Gasteiger partial charge in [0.25, 0.3) is 0 Å². The van der Waals surface area contributed by atoms with Crippen LogP contribution >= 0.6 is 22.6 Å². The van der Waals surface area contributed by atoms with Crippen molar-refractivity contribution in [2.75, 3.05) is 17.7 Å². The standard InChI is InChI=1S/C13H15IN2O/c1-9-3-5-11(17-9)8-16(2)13-6-4-10(14)7-12(13)15/h3-7H,8,15H2,1-2H3. The zero-order valence-corrected chi connectivity index (χ0v) is 12.1. The van der Waals surface area contributed by atoms with Crippen LogP contribution in [0.3, 0.4) is 0 Å². The van der Waals surface area contributed by atoms with Crippen molar-refractivity contribution in [3.8, 4) is 0 Å². The first-order valence-electron chi connectivity index (χ1n) is 5.38. The summed E-state index contributed by atoms with van der Waals surface area (Å²) in [4.78, 5) is 2.09. The molecule has 2 aromatic rings. The van der Waals surface area contributed by atoms with Gasteiger partial charge in [-0.15, -0.1) is 0 Å². The topological polar surface area (TPSA) is 42.4 Å². The van der Waals surface area contributed by atoms with Gasteiger partial charge in [-0.25, -0.2) is 0 Å². The number of rotatable bonds is 3. The Morgan fingerprint density at radius 2 is 2.06 bits per heavy atom. The van der Waals surface area contributed by atoms with E-state index < -0.39 is 0 Å². The van der Waals surface area contributed by atoms with Gasteiger partial charge in [0.2, 0.25) is 0 Å². The molecule has 0 amide bonds. The minimum atomic E-state index is 0.721. The lowest BCUT2D eigenvalue weighted by molar-refractivity contribution is 0.482. The maximum atomic E-state index is 6.00. The molecule has 0 radical (unpaired) electrons. The van der Waals surface area contributed by atoms with Crippen LogP contribution in [0.15, 0.2) is 34.7 Å². The Kier molecular flexibility index (Phi) is 3.61. The second-order valence-electron chi connectivity index (χ2n) is 4.07. The Labute approximate surface area is 115 Å². The molecule has 0 aliphatic rings. The number of halogens is 1. The Bertz CT molecular complexity index is 522. The number of benzene rings is 1. The van der Waals surface area contributed by atoms with E-state index in [-0.39, 0.29) is 0 Å². The Hall–Kier alpha value is -1.17. The summed E-state index contributed by atoms with van der Waals surface area (Å²) < 4.78 is 6.70. The molecular formula is C13H15IN2O. The number of hydrogen-bond acceptors (Lipinski definition) is 3. The van der Waals surface area contributed by atoms with Gasteiger partial charge < -0.3 is 15.1 Å².